The van der Waals surface area contributed by atoms with Gasteiger partial charge < -0.3 is 9.72 Å². The molecule has 0 fully saturated rings. The number of methoxy groups -OCH3 is 1. The third kappa shape index (κ3) is 1.79. The number of nitrogens with one attached hydrogen (secondary N) is 1. The largest absolute Gasteiger partial charge is 0.491 e. The Balaban J connectivity index is 3.01. The molecule has 1 aromatic carbocycles. The van der Waals surface area contributed by atoms with Crippen molar-refractivity contribution in [2.45, 2.75) is 0 Å². The maximum atomic E-state index is 11.7. The zero-order valence-corrected chi connectivity index (χ0v) is 9.17. The summed E-state index contributed by atoms with van der Waals surface area (Å²) < 4.78 is 4.81. The highest BCUT2D eigenvalue weighted by Crippen LogP contribution is 2.13. The van der Waals surface area contributed by atoms with Gasteiger partial charge in [-0.25, -0.2) is 0 Å². The zero-order valence-electron chi connectivity index (χ0n) is 8.41. The first-order chi connectivity index (χ1) is 7.61. The average Bonchev–Trinajstić information content (AvgIpc) is 2.35. The third-order valence-corrected chi connectivity index (χ3v) is 2.44. The number of ether oxygens (including phenoxy) is 1. The Kier molecular flexibility index (Phi) is 2.66. The van der Waals surface area contributed by atoms with Crippen LogP contribution in [-0.2, 0) is 0 Å². The number of halogens is 1. The highest BCUT2D eigenvalue weighted by Gasteiger charge is 2.03. The van der Waals surface area contributed by atoms with Crippen LogP contribution in [0.2, 0.25) is 5.02 Å². The molecule has 4 nitrogen and oxygen atoms in total. The van der Waals surface area contributed by atoms with Crippen LogP contribution in [-0.4, -0.2) is 12.1 Å². The standard InChI is InChI=1S/C11H8ClNO3/c1-16-10-5-9(14)7-3-2-6(12)4-8(7)13-11(10)15/h2-5H,1H3,(H,13,15). The van der Waals surface area contributed by atoms with Gasteiger partial charge in [-0.3, -0.25) is 9.59 Å². The molecule has 0 saturated heterocycles. The fourth-order valence-electron chi connectivity index (χ4n) is 1.43. The minimum atomic E-state index is -0.461. The monoisotopic (exact) mass is 237 g/mol. The number of benzene rings is 1. The van der Waals surface area contributed by atoms with Gasteiger partial charge in [-0.05, 0) is 18.2 Å². The second-order valence-electron chi connectivity index (χ2n) is 3.22. The molecule has 0 amide bonds. The normalized spacial score (nSPS) is 10.4. The molecular weight excluding hydrogens is 230 g/mol. The lowest BCUT2D eigenvalue weighted by molar-refractivity contribution is 0.409. The molecule has 0 aliphatic heterocycles. The molecule has 5 heteroatoms. The number of fused-ring (bicyclic) bond motifs is 1. The van der Waals surface area contributed by atoms with Crippen molar-refractivity contribution < 1.29 is 4.74 Å². The van der Waals surface area contributed by atoms with Gasteiger partial charge in [0.05, 0.1) is 12.6 Å². The molecule has 0 radical (unpaired) electrons. The van der Waals surface area contributed by atoms with E-state index >= 15 is 0 Å². The van der Waals surface area contributed by atoms with Gasteiger partial charge in [0.2, 0.25) is 0 Å². The summed E-state index contributed by atoms with van der Waals surface area (Å²) in [6.07, 6.45) is 0. The molecular formula is C11H8ClNO3. The molecule has 0 aliphatic rings. The molecule has 2 rings (SSSR count). The second-order valence-corrected chi connectivity index (χ2v) is 3.66. The van der Waals surface area contributed by atoms with Crippen LogP contribution in [0.5, 0.6) is 5.75 Å². The van der Waals surface area contributed by atoms with Gasteiger partial charge in [0, 0.05) is 16.5 Å². The summed E-state index contributed by atoms with van der Waals surface area (Å²) in [6, 6.07) is 5.85. The highest BCUT2D eigenvalue weighted by atomic mass is 35.5. The molecule has 0 spiro atoms. The maximum Gasteiger partial charge on any atom is 0.290 e. The average molecular weight is 238 g/mol. The zero-order chi connectivity index (χ0) is 11.7. The van der Waals surface area contributed by atoms with Gasteiger partial charge in [0.15, 0.2) is 11.2 Å². The van der Waals surface area contributed by atoms with E-state index in [-0.39, 0.29) is 11.2 Å². The van der Waals surface area contributed by atoms with Crippen LogP contribution in [0.15, 0.2) is 33.9 Å². The van der Waals surface area contributed by atoms with Gasteiger partial charge in [-0.15, -0.1) is 0 Å². The van der Waals surface area contributed by atoms with Gasteiger partial charge in [0.1, 0.15) is 0 Å². The van der Waals surface area contributed by atoms with Crippen molar-refractivity contribution in [2.24, 2.45) is 0 Å². The van der Waals surface area contributed by atoms with E-state index in [1.54, 1.807) is 12.1 Å². The Morgan fingerprint density at radius 1 is 1.25 bits per heavy atom. The van der Waals surface area contributed by atoms with E-state index in [9.17, 15) is 9.59 Å². The lowest BCUT2D eigenvalue weighted by atomic mass is 10.2. The van der Waals surface area contributed by atoms with Crippen molar-refractivity contribution in [3.63, 3.8) is 0 Å². The molecule has 1 aromatic heterocycles. The molecule has 0 saturated carbocycles. The van der Waals surface area contributed by atoms with Crippen LogP contribution in [0, 0.1) is 0 Å². The Morgan fingerprint density at radius 3 is 2.69 bits per heavy atom. The summed E-state index contributed by atoms with van der Waals surface area (Å²) in [5.74, 6) is -0.0164. The van der Waals surface area contributed by atoms with Crippen molar-refractivity contribution in [3.8, 4) is 5.75 Å². The Hall–Kier alpha value is -1.81. The minimum absolute atomic E-state index is 0.0164. The summed E-state index contributed by atoms with van der Waals surface area (Å²) in [7, 11) is 1.33. The lowest BCUT2D eigenvalue weighted by Gasteiger charge is -1.91. The number of rotatable bonds is 1. The molecule has 1 heterocycles. The van der Waals surface area contributed by atoms with Crippen molar-refractivity contribution in [2.75, 3.05) is 7.11 Å². The van der Waals surface area contributed by atoms with Crippen LogP contribution in [0.1, 0.15) is 0 Å². The first kappa shape index (κ1) is 10.7. The quantitative estimate of drug-likeness (QED) is 0.819. The predicted molar refractivity (Wildman–Crippen MR) is 62.4 cm³/mol. The SMILES string of the molecule is COc1cc(=O)c2ccc(Cl)cc2[nH]c1=O. The number of H-pyrrole nitrogens is 1. The second kappa shape index (κ2) is 3.98. The number of aromatic amines is 1. The van der Waals surface area contributed by atoms with E-state index in [1.165, 1.54) is 13.2 Å². The number of hydrogen-bond donors (Lipinski definition) is 1. The predicted octanol–water partition coefficient (Wildman–Crippen LogP) is 1.55. The van der Waals surface area contributed by atoms with Crippen molar-refractivity contribution in [1.82, 2.24) is 4.98 Å². The molecule has 0 aliphatic carbocycles. The molecule has 0 atom stereocenters. The first-order valence-corrected chi connectivity index (χ1v) is 4.90. The van der Waals surface area contributed by atoms with Crippen LogP contribution in [0.3, 0.4) is 0 Å². The van der Waals surface area contributed by atoms with Crippen LogP contribution in [0.25, 0.3) is 10.9 Å². The van der Waals surface area contributed by atoms with Crippen molar-refractivity contribution in [1.29, 1.82) is 0 Å². The third-order valence-electron chi connectivity index (χ3n) is 2.20. The Labute approximate surface area is 95.4 Å². The molecule has 0 bridgehead atoms. The highest BCUT2D eigenvalue weighted by molar-refractivity contribution is 6.31. The molecule has 0 unspecified atom stereocenters. The van der Waals surface area contributed by atoms with E-state index in [2.05, 4.69) is 4.98 Å². The Bertz CT molecular complexity index is 663. The van der Waals surface area contributed by atoms with Gasteiger partial charge in [-0.2, -0.15) is 0 Å². The molecule has 1 N–H and O–H groups in total. The Morgan fingerprint density at radius 2 is 2.00 bits per heavy atom. The lowest BCUT2D eigenvalue weighted by Crippen LogP contribution is -2.05. The maximum absolute atomic E-state index is 11.7. The van der Waals surface area contributed by atoms with Crippen molar-refractivity contribution in [3.05, 3.63) is 49.9 Å². The number of aromatic nitrogens is 1. The summed E-state index contributed by atoms with van der Waals surface area (Å²) in [6.45, 7) is 0. The summed E-state index contributed by atoms with van der Waals surface area (Å²) in [4.78, 5) is 25.9. The van der Waals surface area contributed by atoms with E-state index in [1.807, 2.05) is 0 Å². The number of hydrogen-bond acceptors (Lipinski definition) is 3. The molecule has 16 heavy (non-hydrogen) atoms. The minimum Gasteiger partial charge on any atom is -0.491 e. The first-order valence-electron chi connectivity index (χ1n) is 4.52. The fraction of sp³-hybridized carbons (Fsp3) is 0.0909. The topological polar surface area (TPSA) is 59.2 Å². The van der Waals surface area contributed by atoms with Crippen LogP contribution in [0.4, 0.5) is 0 Å². The molecule has 82 valence electrons. The molecule has 2 aromatic rings. The van der Waals surface area contributed by atoms with Gasteiger partial charge in [0.25, 0.3) is 5.56 Å². The van der Waals surface area contributed by atoms with E-state index in [0.29, 0.717) is 15.9 Å². The van der Waals surface area contributed by atoms with Gasteiger partial charge >= 0.3 is 0 Å². The summed E-state index contributed by atoms with van der Waals surface area (Å²) >= 11 is 5.78. The summed E-state index contributed by atoms with van der Waals surface area (Å²) in [5, 5.41) is 0.845. The van der Waals surface area contributed by atoms with Crippen LogP contribution < -0.4 is 15.7 Å². The van der Waals surface area contributed by atoms with Crippen molar-refractivity contribution >= 4 is 22.5 Å². The fourth-order valence-corrected chi connectivity index (χ4v) is 1.60. The smallest absolute Gasteiger partial charge is 0.290 e. The van der Waals surface area contributed by atoms with E-state index in [4.69, 9.17) is 16.3 Å². The van der Waals surface area contributed by atoms with E-state index < -0.39 is 5.56 Å². The summed E-state index contributed by atoms with van der Waals surface area (Å²) in [5.41, 5.74) is -0.357. The van der Waals surface area contributed by atoms with Gasteiger partial charge in [-0.1, -0.05) is 11.6 Å². The van der Waals surface area contributed by atoms with E-state index in [0.717, 1.165) is 6.07 Å². The van der Waals surface area contributed by atoms with Crippen LogP contribution >= 0.6 is 11.6 Å².